The molecule has 0 radical (unpaired) electrons. The highest BCUT2D eigenvalue weighted by Crippen LogP contribution is 2.33. The summed E-state index contributed by atoms with van der Waals surface area (Å²) >= 11 is 3.27. The van der Waals surface area contributed by atoms with Gasteiger partial charge in [-0.1, -0.05) is 48.6 Å². The Balaban J connectivity index is 1.99. The Morgan fingerprint density at radius 3 is 2.64 bits per heavy atom. The Hall–Kier alpha value is -2.92. The zero-order valence-electron chi connectivity index (χ0n) is 18.2. The standard InChI is InChI=1S/C24H21IN2O5S/c1-4-16-19(23(30)32-3)20(14-8-6-5-7-9-14)27-22(29)18(33-24(27)26-16)12-13-10-15(25)21(28)17(11-13)31-2/h5-12,20,28H,4H2,1-3H3/b18-12-/t20-/m1/s1. The molecule has 0 fully saturated rings. The molecule has 2 aromatic carbocycles. The first-order chi connectivity index (χ1) is 15.9. The fraction of sp³-hybridized carbons (Fsp3) is 0.208. The number of benzene rings is 2. The van der Waals surface area contributed by atoms with Crippen LogP contribution in [0.25, 0.3) is 6.08 Å². The second-order valence-corrected chi connectivity index (χ2v) is 9.42. The van der Waals surface area contributed by atoms with E-state index in [-0.39, 0.29) is 11.3 Å². The fourth-order valence-electron chi connectivity index (χ4n) is 3.80. The number of aromatic nitrogens is 1. The highest BCUT2D eigenvalue weighted by atomic mass is 127. The Morgan fingerprint density at radius 2 is 2.00 bits per heavy atom. The van der Waals surface area contributed by atoms with Crippen LogP contribution >= 0.6 is 33.9 Å². The second kappa shape index (κ2) is 9.52. The molecule has 2 heterocycles. The molecule has 3 aromatic rings. The number of thiazole rings is 1. The van der Waals surface area contributed by atoms with E-state index >= 15 is 0 Å². The number of allylic oxidation sites excluding steroid dienone is 1. The molecule has 1 N–H and O–H groups in total. The molecule has 0 spiro atoms. The summed E-state index contributed by atoms with van der Waals surface area (Å²) in [5.41, 5.74) is 2.22. The van der Waals surface area contributed by atoms with Gasteiger partial charge in [-0.25, -0.2) is 9.79 Å². The van der Waals surface area contributed by atoms with Crippen LogP contribution in [0.15, 0.2) is 63.5 Å². The van der Waals surface area contributed by atoms with Gasteiger partial charge < -0.3 is 14.6 Å². The lowest BCUT2D eigenvalue weighted by molar-refractivity contribution is -0.136. The highest BCUT2D eigenvalue weighted by Gasteiger charge is 2.33. The van der Waals surface area contributed by atoms with Crippen LogP contribution in [0.5, 0.6) is 11.5 Å². The summed E-state index contributed by atoms with van der Waals surface area (Å²) in [5.74, 6) is -0.128. The molecule has 1 aliphatic heterocycles. The van der Waals surface area contributed by atoms with Gasteiger partial charge in [-0.15, -0.1) is 0 Å². The van der Waals surface area contributed by atoms with Crippen molar-refractivity contribution in [3.63, 3.8) is 0 Å². The molecule has 1 aromatic heterocycles. The third-order valence-corrected chi connectivity index (χ3v) is 7.14. The number of hydrogen-bond acceptors (Lipinski definition) is 7. The number of aromatic hydroxyl groups is 1. The van der Waals surface area contributed by atoms with Crippen LogP contribution in [0, 0.1) is 3.57 Å². The van der Waals surface area contributed by atoms with Crippen molar-refractivity contribution >= 4 is 46.0 Å². The Labute approximate surface area is 207 Å². The van der Waals surface area contributed by atoms with Crippen LogP contribution in [-0.4, -0.2) is 29.9 Å². The number of methoxy groups -OCH3 is 2. The predicted octanol–water partition coefficient (Wildman–Crippen LogP) is 3.12. The van der Waals surface area contributed by atoms with E-state index in [0.29, 0.717) is 41.9 Å². The number of ether oxygens (including phenoxy) is 2. The van der Waals surface area contributed by atoms with Crippen molar-refractivity contribution in [1.82, 2.24) is 4.57 Å². The van der Waals surface area contributed by atoms with Crippen LogP contribution < -0.4 is 19.6 Å². The average Bonchev–Trinajstić information content (AvgIpc) is 3.14. The molecule has 1 aliphatic rings. The van der Waals surface area contributed by atoms with Crippen molar-refractivity contribution in [2.75, 3.05) is 14.2 Å². The number of carbonyl (C=O) groups is 1. The number of carbonyl (C=O) groups excluding carboxylic acids is 1. The summed E-state index contributed by atoms with van der Waals surface area (Å²) in [7, 11) is 2.80. The van der Waals surface area contributed by atoms with Crippen LogP contribution in [-0.2, 0) is 9.53 Å². The SMILES string of the molecule is CCC1=C(C(=O)OC)[C@@H](c2ccccc2)n2c(s/c(=C\c3cc(I)c(O)c(OC)c3)c2=O)=N1. The zero-order chi connectivity index (χ0) is 23.7. The smallest absolute Gasteiger partial charge is 0.338 e. The van der Waals surface area contributed by atoms with Crippen molar-refractivity contribution in [1.29, 1.82) is 0 Å². The third-order valence-electron chi connectivity index (χ3n) is 5.33. The number of nitrogens with zero attached hydrogens (tertiary/aromatic N) is 2. The third kappa shape index (κ3) is 4.22. The maximum absolute atomic E-state index is 13.6. The second-order valence-electron chi connectivity index (χ2n) is 7.25. The first-order valence-electron chi connectivity index (χ1n) is 10.1. The lowest BCUT2D eigenvalue weighted by Crippen LogP contribution is -2.40. The minimum absolute atomic E-state index is 0.0519. The van der Waals surface area contributed by atoms with Crippen LogP contribution in [0.4, 0.5) is 0 Å². The first kappa shape index (κ1) is 23.2. The number of rotatable bonds is 5. The van der Waals surface area contributed by atoms with Gasteiger partial charge in [-0.05, 0) is 58.3 Å². The number of esters is 1. The van der Waals surface area contributed by atoms with Gasteiger partial charge >= 0.3 is 5.97 Å². The molecule has 4 rings (SSSR count). The van der Waals surface area contributed by atoms with Gasteiger partial charge in [-0.3, -0.25) is 9.36 Å². The summed E-state index contributed by atoms with van der Waals surface area (Å²) in [5, 5.41) is 10.1. The molecular formula is C24H21IN2O5S. The van der Waals surface area contributed by atoms with Crippen molar-refractivity contribution in [3.8, 4) is 11.5 Å². The van der Waals surface area contributed by atoms with Crippen LogP contribution in [0.1, 0.15) is 30.5 Å². The van der Waals surface area contributed by atoms with Gasteiger partial charge in [0.15, 0.2) is 16.3 Å². The van der Waals surface area contributed by atoms with Gasteiger partial charge in [0.1, 0.15) is 0 Å². The summed E-state index contributed by atoms with van der Waals surface area (Å²) in [6.07, 6.45) is 2.26. The van der Waals surface area contributed by atoms with E-state index in [1.165, 1.54) is 25.6 Å². The molecule has 33 heavy (non-hydrogen) atoms. The molecule has 0 aliphatic carbocycles. The normalized spacial score (nSPS) is 15.8. The lowest BCUT2D eigenvalue weighted by Gasteiger charge is -2.25. The molecule has 7 nitrogen and oxygen atoms in total. The maximum atomic E-state index is 13.6. The van der Waals surface area contributed by atoms with Crippen LogP contribution in [0.3, 0.4) is 0 Å². The maximum Gasteiger partial charge on any atom is 0.338 e. The van der Waals surface area contributed by atoms with Gasteiger partial charge in [0, 0.05) is 0 Å². The topological polar surface area (TPSA) is 90.1 Å². The van der Waals surface area contributed by atoms with E-state index in [4.69, 9.17) is 9.47 Å². The van der Waals surface area contributed by atoms with Crippen molar-refractivity contribution in [3.05, 3.63) is 88.1 Å². The van der Waals surface area contributed by atoms with Gasteiger partial charge in [0.05, 0.1) is 39.6 Å². The van der Waals surface area contributed by atoms with E-state index in [2.05, 4.69) is 4.99 Å². The molecular weight excluding hydrogens is 555 g/mol. The van der Waals surface area contributed by atoms with E-state index in [1.54, 1.807) is 22.8 Å². The minimum Gasteiger partial charge on any atom is -0.504 e. The van der Waals surface area contributed by atoms with Gasteiger partial charge in [0.25, 0.3) is 5.56 Å². The number of phenolic OH excluding ortho intramolecular Hbond substituents is 1. The van der Waals surface area contributed by atoms with Gasteiger partial charge in [0.2, 0.25) is 0 Å². The quantitative estimate of drug-likeness (QED) is 0.373. The molecule has 0 unspecified atom stereocenters. The summed E-state index contributed by atoms with van der Waals surface area (Å²) in [6.45, 7) is 1.92. The molecule has 0 bridgehead atoms. The zero-order valence-corrected chi connectivity index (χ0v) is 21.1. The monoisotopic (exact) mass is 576 g/mol. The Kier molecular flexibility index (Phi) is 6.71. The first-order valence-corrected chi connectivity index (χ1v) is 12.0. The van der Waals surface area contributed by atoms with E-state index < -0.39 is 12.0 Å². The number of fused-ring (bicyclic) bond motifs is 1. The van der Waals surface area contributed by atoms with E-state index in [9.17, 15) is 14.7 Å². The molecule has 0 saturated heterocycles. The molecule has 9 heteroatoms. The summed E-state index contributed by atoms with van der Waals surface area (Å²) < 4.78 is 12.9. The lowest BCUT2D eigenvalue weighted by atomic mass is 9.95. The van der Waals surface area contributed by atoms with Crippen molar-refractivity contribution in [2.24, 2.45) is 4.99 Å². The average molecular weight is 576 g/mol. The molecule has 0 saturated carbocycles. The largest absolute Gasteiger partial charge is 0.504 e. The van der Waals surface area contributed by atoms with E-state index in [0.717, 1.165) is 5.56 Å². The van der Waals surface area contributed by atoms with Crippen molar-refractivity contribution < 1.29 is 19.4 Å². The van der Waals surface area contributed by atoms with E-state index in [1.807, 2.05) is 59.8 Å². The number of hydrogen-bond donors (Lipinski definition) is 1. The highest BCUT2D eigenvalue weighted by molar-refractivity contribution is 14.1. The van der Waals surface area contributed by atoms with Crippen LogP contribution in [0.2, 0.25) is 0 Å². The summed E-state index contributed by atoms with van der Waals surface area (Å²) in [4.78, 5) is 31.5. The Morgan fingerprint density at radius 1 is 1.27 bits per heavy atom. The fourth-order valence-corrected chi connectivity index (χ4v) is 5.44. The number of phenols is 1. The van der Waals surface area contributed by atoms with Gasteiger partial charge in [-0.2, -0.15) is 0 Å². The molecule has 1 atom stereocenters. The predicted molar refractivity (Wildman–Crippen MR) is 134 cm³/mol. The summed E-state index contributed by atoms with van der Waals surface area (Å²) in [6, 6.07) is 12.2. The Bertz CT molecular complexity index is 1440. The number of halogens is 1. The van der Waals surface area contributed by atoms with Crippen molar-refractivity contribution in [2.45, 2.75) is 19.4 Å². The minimum atomic E-state index is -0.638. The molecule has 170 valence electrons. The molecule has 0 amide bonds.